The van der Waals surface area contributed by atoms with Gasteiger partial charge in [0.25, 0.3) is 0 Å². The molecule has 1 N–H and O–H groups in total. The van der Waals surface area contributed by atoms with Gasteiger partial charge in [-0.25, -0.2) is 8.42 Å². The van der Waals surface area contributed by atoms with Gasteiger partial charge in [-0.3, -0.25) is 4.48 Å². The number of aryl methyl sites for hydroxylation is 1. The van der Waals surface area contributed by atoms with Crippen molar-refractivity contribution < 1.29 is 36.9 Å². The molecule has 0 spiro atoms. The van der Waals surface area contributed by atoms with Gasteiger partial charge in [-0.1, -0.05) is 17.7 Å². The van der Waals surface area contributed by atoms with Crippen molar-refractivity contribution in [1.29, 1.82) is 0 Å². The molecule has 0 fully saturated rings. The van der Waals surface area contributed by atoms with E-state index in [0.717, 1.165) is 5.56 Å². The van der Waals surface area contributed by atoms with Crippen LogP contribution in [-0.4, -0.2) is 36.2 Å². The summed E-state index contributed by atoms with van der Waals surface area (Å²) in [6.45, 7) is 21.9. The monoisotopic (exact) mass is 496 g/mol. The predicted octanol–water partition coefficient (Wildman–Crippen LogP) is 1.45. The van der Waals surface area contributed by atoms with Crippen LogP contribution in [0.1, 0.15) is 67.9 Å². The van der Waals surface area contributed by atoms with E-state index >= 15 is 0 Å². The van der Waals surface area contributed by atoms with Crippen LogP contribution >= 0.6 is 0 Å². The number of nitrogens with one attached hydrogen (secondary N) is 1. The number of quaternary nitrogens is 1. The molecule has 1 rings (SSSR count). The molecule has 6 heteroatoms. The van der Waals surface area contributed by atoms with Crippen LogP contribution in [0.15, 0.2) is 29.2 Å². The molecule has 0 saturated carbocycles. The third kappa shape index (κ3) is 5.00. The fraction of sp³-hybridized carbons (Fsp3) is 0.700. The Bertz CT molecular complexity index is 655. The lowest BCUT2D eigenvalue weighted by atomic mass is 9.82. The Morgan fingerprint density at radius 1 is 0.808 bits per heavy atom. The van der Waals surface area contributed by atoms with Crippen LogP contribution in [0.25, 0.3) is 0 Å². The van der Waals surface area contributed by atoms with Crippen LogP contribution in [0, 0.1) is 6.92 Å². The van der Waals surface area contributed by atoms with E-state index in [9.17, 15) is 8.42 Å². The molecule has 0 aliphatic carbocycles. The summed E-state index contributed by atoms with van der Waals surface area (Å²) >= 11 is 0. The van der Waals surface area contributed by atoms with Gasteiger partial charge in [0.1, 0.15) is 6.67 Å². The lowest BCUT2D eigenvalue weighted by molar-refractivity contribution is -1.05. The first-order valence-corrected chi connectivity index (χ1v) is 10.4. The second kappa shape index (κ2) is 8.05. The summed E-state index contributed by atoms with van der Waals surface area (Å²) in [6.07, 6.45) is 0. The van der Waals surface area contributed by atoms with Crippen molar-refractivity contribution in [2.24, 2.45) is 0 Å². The molecular formula is C20H37IN2O2S. The number of hydrogen-bond donors (Lipinski definition) is 1. The molecule has 0 atom stereocenters. The predicted molar refractivity (Wildman–Crippen MR) is 106 cm³/mol. The van der Waals surface area contributed by atoms with Gasteiger partial charge in [0, 0.05) is 0 Å². The summed E-state index contributed by atoms with van der Waals surface area (Å²) in [5.74, 6) is 0. The van der Waals surface area contributed by atoms with Crippen LogP contribution in [-0.2, 0) is 10.0 Å². The molecule has 0 unspecified atom stereocenters. The van der Waals surface area contributed by atoms with Crippen LogP contribution < -0.4 is 28.7 Å². The Labute approximate surface area is 178 Å². The molecule has 0 radical (unpaired) electrons. The summed E-state index contributed by atoms with van der Waals surface area (Å²) in [7, 11) is -3.56. The van der Waals surface area contributed by atoms with Gasteiger partial charge in [-0.2, -0.15) is 4.72 Å². The van der Waals surface area contributed by atoms with E-state index in [4.69, 9.17) is 0 Å². The Kier molecular flexibility index (Phi) is 8.00. The standard InChI is InChI=1S/C20H37N2O2S.HI/c1-16-11-13-17(14-12-16)25(23,24)21-15-22(18(2,3)4,19(5,6)7)20(8,9)10;/h11-14,21H,15H2,1-10H3;1H/q+1;/p-1. The van der Waals surface area contributed by atoms with Crippen molar-refractivity contribution in [3.63, 3.8) is 0 Å². The Hall–Kier alpha value is -0.180. The summed E-state index contributed by atoms with van der Waals surface area (Å²) in [6, 6.07) is 6.98. The Morgan fingerprint density at radius 3 is 1.46 bits per heavy atom. The minimum atomic E-state index is -3.56. The van der Waals surface area contributed by atoms with Crippen molar-refractivity contribution >= 4 is 10.0 Å². The fourth-order valence-electron chi connectivity index (χ4n) is 4.71. The Morgan fingerprint density at radius 2 is 1.15 bits per heavy atom. The number of hydrogen-bond acceptors (Lipinski definition) is 2. The zero-order chi connectivity index (χ0) is 19.9. The topological polar surface area (TPSA) is 46.2 Å². The van der Waals surface area contributed by atoms with Crippen LogP contribution in [0.3, 0.4) is 0 Å². The average Bonchev–Trinajstić information content (AvgIpc) is 2.34. The van der Waals surface area contributed by atoms with Crippen LogP contribution in [0.4, 0.5) is 0 Å². The first kappa shape index (κ1) is 25.8. The maximum absolute atomic E-state index is 12.8. The van der Waals surface area contributed by atoms with Gasteiger partial charge in [0.15, 0.2) is 0 Å². The highest BCUT2D eigenvalue weighted by molar-refractivity contribution is 7.89. The summed E-state index contributed by atoms with van der Waals surface area (Å²) in [5, 5.41) is 0. The van der Waals surface area contributed by atoms with Gasteiger partial charge in [-0.05, 0) is 81.4 Å². The molecule has 0 saturated heterocycles. The van der Waals surface area contributed by atoms with Crippen LogP contribution in [0.2, 0.25) is 0 Å². The number of sulfonamides is 1. The summed E-state index contributed by atoms with van der Waals surface area (Å²) in [5.41, 5.74) is 0.605. The Balaban J connectivity index is 0.00000625. The normalized spacial score (nSPS) is 14.1. The third-order valence-corrected chi connectivity index (χ3v) is 6.66. The van der Waals surface area contributed by atoms with Crippen molar-refractivity contribution in [3.8, 4) is 0 Å². The molecule has 0 heterocycles. The zero-order valence-corrected chi connectivity index (χ0v) is 21.0. The van der Waals surface area contributed by atoms with E-state index in [1.54, 1.807) is 12.1 Å². The number of nitrogens with zero attached hydrogens (tertiary/aromatic N) is 1. The average molecular weight is 496 g/mol. The highest BCUT2D eigenvalue weighted by atomic mass is 127. The number of halogens is 1. The smallest absolute Gasteiger partial charge is 0.244 e. The molecule has 0 aliphatic rings. The molecule has 0 amide bonds. The zero-order valence-electron chi connectivity index (χ0n) is 18.1. The van der Waals surface area contributed by atoms with E-state index in [1.807, 2.05) is 19.1 Å². The first-order chi connectivity index (χ1) is 11.0. The number of benzene rings is 1. The lowest BCUT2D eigenvalue weighted by Crippen LogP contribution is -3.00. The molecule has 4 nitrogen and oxygen atoms in total. The van der Waals surface area contributed by atoms with E-state index < -0.39 is 10.0 Å². The lowest BCUT2D eigenvalue weighted by Gasteiger charge is -2.63. The van der Waals surface area contributed by atoms with Gasteiger partial charge in [0.2, 0.25) is 10.0 Å². The molecule has 1 aromatic rings. The van der Waals surface area contributed by atoms with E-state index in [0.29, 0.717) is 16.0 Å². The molecule has 1 aromatic carbocycles. The van der Waals surface area contributed by atoms with Gasteiger partial charge in [0.05, 0.1) is 21.5 Å². The van der Waals surface area contributed by atoms with Crippen LogP contribution in [0.5, 0.6) is 0 Å². The highest BCUT2D eigenvalue weighted by Gasteiger charge is 2.56. The highest BCUT2D eigenvalue weighted by Crippen LogP contribution is 2.43. The molecule has 26 heavy (non-hydrogen) atoms. The molecule has 0 bridgehead atoms. The fourth-order valence-corrected chi connectivity index (χ4v) is 5.74. The second-order valence-corrected chi connectivity index (χ2v) is 11.7. The molecule has 152 valence electrons. The van der Waals surface area contributed by atoms with Crippen molar-refractivity contribution in [2.75, 3.05) is 6.67 Å². The van der Waals surface area contributed by atoms with Gasteiger partial charge >= 0.3 is 0 Å². The summed E-state index contributed by atoms with van der Waals surface area (Å²) < 4.78 is 29.2. The second-order valence-electron chi connectivity index (χ2n) is 9.94. The van der Waals surface area contributed by atoms with Crippen molar-refractivity contribution in [1.82, 2.24) is 4.72 Å². The molecular weight excluding hydrogens is 459 g/mol. The first-order valence-electron chi connectivity index (χ1n) is 8.90. The quantitative estimate of drug-likeness (QED) is 0.390. The van der Waals surface area contributed by atoms with Crippen molar-refractivity contribution in [3.05, 3.63) is 29.8 Å². The van der Waals surface area contributed by atoms with E-state index in [2.05, 4.69) is 67.0 Å². The summed E-state index contributed by atoms with van der Waals surface area (Å²) in [4.78, 5) is 0.313. The molecule has 0 aromatic heterocycles. The van der Waals surface area contributed by atoms with Crippen molar-refractivity contribution in [2.45, 2.75) is 90.7 Å². The third-order valence-electron chi connectivity index (χ3n) is 5.26. The molecule has 0 aliphatic heterocycles. The maximum atomic E-state index is 12.8. The number of rotatable bonds is 4. The van der Waals surface area contributed by atoms with E-state index in [-0.39, 0.29) is 40.6 Å². The van der Waals surface area contributed by atoms with Gasteiger partial charge < -0.3 is 24.0 Å². The maximum Gasteiger partial charge on any atom is 0.244 e. The van der Waals surface area contributed by atoms with Gasteiger partial charge in [-0.15, -0.1) is 0 Å². The van der Waals surface area contributed by atoms with E-state index in [1.165, 1.54) is 0 Å². The largest absolute Gasteiger partial charge is 1.00 e. The minimum Gasteiger partial charge on any atom is -1.00 e. The minimum absolute atomic E-state index is 0. The SMILES string of the molecule is Cc1ccc(S(=O)(=O)NC[N+](C(C)(C)C)(C(C)(C)C)C(C)(C)C)cc1.[I-].